The van der Waals surface area contributed by atoms with Crippen molar-refractivity contribution in [2.75, 3.05) is 23.8 Å². The van der Waals surface area contributed by atoms with Crippen LogP contribution in [0.15, 0.2) is 54.9 Å². The van der Waals surface area contributed by atoms with Gasteiger partial charge in [0.05, 0.1) is 0 Å². The summed E-state index contributed by atoms with van der Waals surface area (Å²) >= 11 is 0. The van der Waals surface area contributed by atoms with E-state index < -0.39 is 0 Å². The summed E-state index contributed by atoms with van der Waals surface area (Å²) < 4.78 is 0. The highest BCUT2D eigenvalue weighted by molar-refractivity contribution is 5.95. The third-order valence-electron chi connectivity index (χ3n) is 4.58. The van der Waals surface area contributed by atoms with Crippen molar-refractivity contribution in [2.45, 2.75) is 13.0 Å². The van der Waals surface area contributed by atoms with Crippen LogP contribution in [0, 0.1) is 0 Å². The molecule has 1 aliphatic rings. The Balaban J connectivity index is 1.53. The van der Waals surface area contributed by atoms with Crippen LogP contribution in [0.5, 0.6) is 0 Å². The molecule has 4 rings (SSSR count). The van der Waals surface area contributed by atoms with Gasteiger partial charge in [-0.1, -0.05) is 30.3 Å². The first kappa shape index (κ1) is 17.0. The van der Waals surface area contributed by atoms with Crippen LogP contribution in [0.25, 0.3) is 0 Å². The van der Waals surface area contributed by atoms with Crippen molar-refractivity contribution >= 4 is 23.5 Å². The molecular weight excluding hydrogens is 340 g/mol. The van der Waals surface area contributed by atoms with E-state index in [0.29, 0.717) is 17.5 Å². The molecule has 0 saturated carbocycles. The van der Waals surface area contributed by atoms with Crippen LogP contribution in [-0.4, -0.2) is 34.5 Å². The summed E-state index contributed by atoms with van der Waals surface area (Å²) in [5.41, 5.74) is 4.01. The van der Waals surface area contributed by atoms with E-state index in [0.717, 1.165) is 25.2 Å². The molecule has 7 heteroatoms. The molecule has 3 aromatic rings. The fourth-order valence-electron chi connectivity index (χ4n) is 3.18. The number of hydrogen-bond donors (Lipinski definition) is 2. The summed E-state index contributed by atoms with van der Waals surface area (Å²) in [7, 11) is 1.61. The molecule has 0 aliphatic carbocycles. The van der Waals surface area contributed by atoms with Crippen molar-refractivity contribution in [3.05, 3.63) is 71.5 Å². The normalized spacial score (nSPS) is 13.0. The zero-order chi connectivity index (χ0) is 18.6. The first-order valence-electron chi connectivity index (χ1n) is 8.83. The first-order valence-corrected chi connectivity index (χ1v) is 8.83. The lowest BCUT2D eigenvalue weighted by Gasteiger charge is -2.28. The molecule has 136 valence electrons. The van der Waals surface area contributed by atoms with Gasteiger partial charge in [-0.25, -0.2) is 9.97 Å². The van der Waals surface area contributed by atoms with Crippen LogP contribution in [-0.2, 0) is 13.0 Å². The lowest BCUT2D eigenvalue weighted by molar-refractivity contribution is 0.0963. The van der Waals surface area contributed by atoms with Crippen molar-refractivity contribution in [3.8, 4) is 0 Å². The van der Waals surface area contributed by atoms with Crippen molar-refractivity contribution in [1.29, 1.82) is 0 Å². The number of fused-ring (bicyclic) bond motifs is 1. The van der Waals surface area contributed by atoms with Gasteiger partial charge in [0.1, 0.15) is 6.33 Å². The van der Waals surface area contributed by atoms with Crippen LogP contribution in [0.3, 0.4) is 0 Å². The van der Waals surface area contributed by atoms with Gasteiger partial charge in [0.2, 0.25) is 11.9 Å². The fraction of sp³-hybridized carbons (Fsp3) is 0.200. The lowest BCUT2D eigenvalue weighted by Crippen LogP contribution is -2.31. The average Bonchev–Trinajstić information content (AvgIpc) is 2.73. The van der Waals surface area contributed by atoms with Gasteiger partial charge in [0, 0.05) is 31.4 Å². The Morgan fingerprint density at radius 2 is 1.93 bits per heavy atom. The average molecular weight is 360 g/mol. The molecule has 1 aromatic heterocycles. The van der Waals surface area contributed by atoms with Crippen molar-refractivity contribution in [2.24, 2.45) is 0 Å². The Labute approximate surface area is 157 Å². The van der Waals surface area contributed by atoms with E-state index >= 15 is 0 Å². The Morgan fingerprint density at radius 3 is 2.78 bits per heavy atom. The molecule has 1 amide bonds. The van der Waals surface area contributed by atoms with Gasteiger partial charge in [-0.2, -0.15) is 4.98 Å². The third-order valence-corrected chi connectivity index (χ3v) is 4.58. The molecule has 0 radical (unpaired) electrons. The van der Waals surface area contributed by atoms with E-state index in [1.165, 1.54) is 17.5 Å². The third kappa shape index (κ3) is 3.72. The minimum Gasteiger partial charge on any atom is -0.355 e. The summed E-state index contributed by atoms with van der Waals surface area (Å²) in [6.45, 7) is 1.65. The van der Waals surface area contributed by atoms with Crippen molar-refractivity contribution < 1.29 is 4.79 Å². The molecule has 2 N–H and O–H groups in total. The molecule has 7 nitrogen and oxygen atoms in total. The predicted octanol–water partition coefficient (Wildman–Crippen LogP) is 2.54. The van der Waals surface area contributed by atoms with E-state index in [2.05, 4.69) is 54.8 Å². The molecule has 2 heterocycles. The lowest BCUT2D eigenvalue weighted by atomic mass is 10.0. The quantitative estimate of drug-likeness (QED) is 0.744. The van der Waals surface area contributed by atoms with E-state index in [1.807, 2.05) is 12.1 Å². The van der Waals surface area contributed by atoms with Crippen LogP contribution in [0.4, 0.5) is 17.6 Å². The van der Waals surface area contributed by atoms with Gasteiger partial charge in [-0.05, 0) is 35.7 Å². The second-order valence-corrected chi connectivity index (χ2v) is 6.33. The van der Waals surface area contributed by atoms with E-state index in [4.69, 9.17) is 0 Å². The van der Waals surface area contributed by atoms with Crippen LogP contribution >= 0.6 is 0 Å². The molecule has 27 heavy (non-hydrogen) atoms. The number of nitrogens with zero attached hydrogens (tertiary/aromatic N) is 4. The first-order chi connectivity index (χ1) is 13.2. The molecule has 0 bridgehead atoms. The highest BCUT2D eigenvalue weighted by atomic mass is 16.1. The van der Waals surface area contributed by atoms with Gasteiger partial charge in [0.25, 0.3) is 5.91 Å². The maximum absolute atomic E-state index is 11.8. The Kier molecular flexibility index (Phi) is 4.65. The molecule has 0 spiro atoms. The minimum atomic E-state index is -0.137. The Morgan fingerprint density at radius 1 is 1.07 bits per heavy atom. The smallest absolute Gasteiger partial charge is 0.251 e. The maximum atomic E-state index is 11.8. The SMILES string of the molecule is CNC(=O)c1cccc(Nc2ncnc(N3CCc4ccccc4C3)n2)c1. The fourth-order valence-corrected chi connectivity index (χ4v) is 3.18. The topological polar surface area (TPSA) is 83.0 Å². The molecule has 2 aromatic carbocycles. The van der Waals surface area contributed by atoms with Gasteiger partial charge in [-0.15, -0.1) is 0 Å². The molecule has 0 atom stereocenters. The monoisotopic (exact) mass is 360 g/mol. The number of benzene rings is 2. The number of carbonyl (C=O) groups excluding carboxylic acids is 1. The highest BCUT2D eigenvalue weighted by Gasteiger charge is 2.18. The molecule has 0 fully saturated rings. The molecule has 1 aliphatic heterocycles. The van der Waals surface area contributed by atoms with Gasteiger partial charge in [0.15, 0.2) is 0 Å². The number of amides is 1. The summed E-state index contributed by atoms with van der Waals surface area (Å²) in [4.78, 5) is 27.0. The highest BCUT2D eigenvalue weighted by Crippen LogP contribution is 2.22. The zero-order valence-electron chi connectivity index (χ0n) is 15.0. The van der Waals surface area contributed by atoms with Gasteiger partial charge in [-0.3, -0.25) is 4.79 Å². The number of anilines is 3. The minimum absolute atomic E-state index is 0.137. The van der Waals surface area contributed by atoms with Crippen molar-refractivity contribution in [1.82, 2.24) is 20.3 Å². The van der Waals surface area contributed by atoms with Gasteiger partial charge >= 0.3 is 0 Å². The molecule has 0 saturated heterocycles. The number of hydrogen-bond acceptors (Lipinski definition) is 6. The second kappa shape index (κ2) is 7.41. The van der Waals surface area contributed by atoms with Gasteiger partial charge < -0.3 is 15.5 Å². The number of nitrogens with one attached hydrogen (secondary N) is 2. The summed E-state index contributed by atoms with van der Waals surface area (Å²) in [6, 6.07) is 15.7. The largest absolute Gasteiger partial charge is 0.355 e. The van der Waals surface area contributed by atoms with Crippen LogP contribution < -0.4 is 15.5 Å². The molecular formula is C20H20N6O. The maximum Gasteiger partial charge on any atom is 0.251 e. The predicted molar refractivity (Wildman–Crippen MR) is 104 cm³/mol. The van der Waals surface area contributed by atoms with E-state index in [9.17, 15) is 4.79 Å². The Bertz CT molecular complexity index is 974. The van der Waals surface area contributed by atoms with E-state index in [-0.39, 0.29) is 5.91 Å². The summed E-state index contributed by atoms with van der Waals surface area (Å²) in [5, 5.41) is 5.77. The van der Waals surface area contributed by atoms with Crippen LogP contribution in [0.1, 0.15) is 21.5 Å². The zero-order valence-corrected chi connectivity index (χ0v) is 15.0. The second-order valence-electron chi connectivity index (χ2n) is 6.33. The Hall–Kier alpha value is -3.48. The number of carbonyl (C=O) groups is 1. The standard InChI is InChI=1S/C20H20N6O/c1-21-18(27)15-7-4-8-17(11-15)24-19-22-13-23-20(25-19)26-10-9-14-5-2-3-6-16(14)12-26/h2-8,11,13H,9-10,12H2,1H3,(H,21,27)(H,22,23,24,25). The van der Waals surface area contributed by atoms with E-state index in [1.54, 1.807) is 19.2 Å². The summed E-state index contributed by atoms with van der Waals surface area (Å²) in [5.74, 6) is 0.958. The number of rotatable bonds is 4. The van der Waals surface area contributed by atoms with Crippen molar-refractivity contribution in [3.63, 3.8) is 0 Å². The van der Waals surface area contributed by atoms with Crippen LogP contribution in [0.2, 0.25) is 0 Å². The number of aromatic nitrogens is 3. The molecule has 0 unspecified atom stereocenters. The summed E-state index contributed by atoms with van der Waals surface area (Å²) in [6.07, 6.45) is 2.48.